The molecule has 98 valence electrons. The van der Waals surface area contributed by atoms with E-state index in [1.165, 1.54) is 4.88 Å². The molecule has 2 nitrogen and oxygen atoms in total. The second-order valence-electron chi connectivity index (χ2n) is 3.75. The van der Waals surface area contributed by atoms with Crippen LogP contribution in [0.25, 0.3) is 0 Å². The summed E-state index contributed by atoms with van der Waals surface area (Å²) in [5.74, 6) is 0. The predicted molar refractivity (Wildman–Crippen MR) is 62.3 cm³/mol. The van der Waals surface area contributed by atoms with Crippen molar-refractivity contribution in [1.29, 1.82) is 0 Å². The van der Waals surface area contributed by atoms with Crippen LogP contribution >= 0.6 is 11.3 Å². The van der Waals surface area contributed by atoms with Crippen LogP contribution in [-0.2, 0) is 4.74 Å². The molecule has 1 rings (SSSR count). The Hall–Kier alpha value is -0.590. The lowest BCUT2D eigenvalue weighted by Gasteiger charge is -2.15. The molecule has 0 fully saturated rings. The number of aryl methyl sites for hydroxylation is 1. The van der Waals surface area contributed by atoms with E-state index < -0.39 is 12.8 Å². The minimum atomic E-state index is -4.24. The van der Waals surface area contributed by atoms with Crippen molar-refractivity contribution in [2.75, 3.05) is 20.3 Å². The summed E-state index contributed by atoms with van der Waals surface area (Å²) in [4.78, 5) is 2.32. The van der Waals surface area contributed by atoms with Crippen molar-refractivity contribution in [2.45, 2.75) is 25.6 Å². The van der Waals surface area contributed by atoms with Gasteiger partial charge in [-0.05, 0) is 32.5 Å². The first kappa shape index (κ1) is 14.5. The molecule has 0 aliphatic heterocycles. The van der Waals surface area contributed by atoms with Crippen LogP contribution in [0.2, 0.25) is 0 Å². The predicted octanol–water partition coefficient (Wildman–Crippen LogP) is 3.29. The Bertz CT molecular complexity index is 338. The van der Waals surface area contributed by atoms with Crippen molar-refractivity contribution < 1.29 is 17.9 Å². The standard InChI is InChI=1S/C11H16F3NOS/c1-8-3-4-10(17-8)9(15-2)5-6-16-7-11(12,13)14/h3-4,9,15H,5-7H2,1-2H3. The molecular weight excluding hydrogens is 251 g/mol. The normalized spacial score (nSPS) is 13.9. The summed E-state index contributed by atoms with van der Waals surface area (Å²) in [5.41, 5.74) is 0. The highest BCUT2D eigenvalue weighted by molar-refractivity contribution is 7.12. The van der Waals surface area contributed by atoms with Crippen LogP contribution in [0.1, 0.15) is 22.2 Å². The highest BCUT2D eigenvalue weighted by Gasteiger charge is 2.27. The lowest BCUT2D eigenvalue weighted by atomic mass is 10.2. The van der Waals surface area contributed by atoms with Gasteiger partial charge in [-0.3, -0.25) is 0 Å². The van der Waals surface area contributed by atoms with Crippen molar-refractivity contribution in [3.05, 3.63) is 21.9 Å². The van der Waals surface area contributed by atoms with Gasteiger partial charge in [0.15, 0.2) is 0 Å². The lowest BCUT2D eigenvalue weighted by Crippen LogP contribution is -2.21. The summed E-state index contributed by atoms with van der Waals surface area (Å²) in [7, 11) is 1.80. The Labute approximate surface area is 103 Å². The van der Waals surface area contributed by atoms with E-state index in [0.717, 1.165) is 4.88 Å². The molecule has 0 aromatic carbocycles. The molecule has 1 atom stereocenters. The Kier molecular flexibility index (Phi) is 5.42. The van der Waals surface area contributed by atoms with Crippen LogP contribution in [0.15, 0.2) is 12.1 Å². The summed E-state index contributed by atoms with van der Waals surface area (Å²) < 4.78 is 40.1. The van der Waals surface area contributed by atoms with Gasteiger partial charge in [-0.25, -0.2) is 0 Å². The van der Waals surface area contributed by atoms with Crippen LogP contribution in [0, 0.1) is 6.92 Å². The number of alkyl halides is 3. The second kappa shape index (κ2) is 6.37. The van der Waals surface area contributed by atoms with E-state index >= 15 is 0 Å². The molecule has 1 aromatic rings. The Morgan fingerprint density at radius 3 is 2.59 bits per heavy atom. The van der Waals surface area contributed by atoms with E-state index in [2.05, 4.69) is 10.1 Å². The van der Waals surface area contributed by atoms with Gasteiger partial charge in [0.25, 0.3) is 0 Å². The van der Waals surface area contributed by atoms with Gasteiger partial charge in [0.05, 0.1) is 0 Å². The largest absolute Gasteiger partial charge is 0.411 e. The fraction of sp³-hybridized carbons (Fsp3) is 0.636. The maximum absolute atomic E-state index is 11.8. The smallest absolute Gasteiger partial charge is 0.372 e. The van der Waals surface area contributed by atoms with Crippen LogP contribution < -0.4 is 5.32 Å². The maximum atomic E-state index is 11.8. The van der Waals surface area contributed by atoms with Crippen LogP contribution in [0.3, 0.4) is 0 Å². The first-order valence-corrected chi connectivity index (χ1v) is 6.12. The number of hydrogen-bond acceptors (Lipinski definition) is 3. The van der Waals surface area contributed by atoms with Crippen LogP contribution in [0.5, 0.6) is 0 Å². The van der Waals surface area contributed by atoms with E-state index in [1.54, 1.807) is 18.4 Å². The number of ether oxygens (including phenoxy) is 1. The van der Waals surface area contributed by atoms with E-state index in [-0.39, 0.29) is 12.6 Å². The molecular formula is C11H16F3NOS. The molecule has 17 heavy (non-hydrogen) atoms. The lowest BCUT2D eigenvalue weighted by molar-refractivity contribution is -0.174. The van der Waals surface area contributed by atoms with E-state index in [4.69, 9.17) is 0 Å². The molecule has 0 amide bonds. The van der Waals surface area contributed by atoms with Gasteiger partial charge < -0.3 is 10.1 Å². The molecule has 0 aliphatic rings. The van der Waals surface area contributed by atoms with Gasteiger partial charge in [0, 0.05) is 22.4 Å². The number of thiophene rings is 1. The molecule has 0 radical (unpaired) electrons. The molecule has 0 spiro atoms. The third kappa shape index (κ3) is 5.52. The quantitative estimate of drug-likeness (QED) is 0.799. The van der Waals surface area contributed by atoms with Gasteiger partial charge in [-0.2, -0.15) is 13.2 Å². The average molecular weight is 267 g/mol. The highest BCUT2D eigenvalue weighted by atomic mass is 32.1. The number of rotatable bonds is 6. The highest BCUT2D eigenvalue weighted by Crippen LogP contribution is 2.25. The number of halogens is 3. The molecule has 0 bridgehead atoms. The summed E-state index contributed by atoms with van der Waals surface area (Å²) in [6, 6.07) is 4.05. The number of nitrogens with one attached hydrogen (secondary N) is 1. The molecule has 1 aromatic heterocycles. The Balaban J connectivity index is 2.33. The van der Waals surface area contributed by atoms with Gasteiger partial charge in [0.1, 0.15) is 6.61 Å². The molecule has 6 heteroatoms. The van der Waals surface area contributed by atoms with Gasteiger partial charge in [-0.15, -0.1) is 11.3 Å². The van der Waals surface area contributed by atoms with Crippen molar-refractivity contribution >= 4 is 11.3 Å². The maximum Gasteiger partial charge on any atom is 0.411 e. The third-order valence-electron chi connectivity index (χ3n) is 2.27. The fourth-order valence-electron chi connectivity index (χ4n) is 1.46. The zero-order valence-electron chi connectivity index (χ0n) is 9.80. The Morgan fingerprint density at radius 2 is 2.12 bits per heavy atom. The molecule has 0 saturated heterocycles. The van der Waals surface area contributed by atoms with Crippen LogP contribution in [-0.4, -0.2) is 26.4 Å². The molecule has 0 aliphatic carbocycles. The molecule has 1 unspecified atom stereocenters. The van der Waals surface area contributed by atoms with Crippen molar-refractivity contribution in [2.24, 2.45) is 0 Å². The van der Waals surface area contributed by atoms with Crippen molar-refractivity contribution in [3.8, 4) is 0 Å². The number of hydrogen-bond donors (Lipinski definition) is 1. The summed E-state index contributed by atoms with van der Waals surface area (Å²) in [5, 5.41) is 3.08. The molecule has 0 saturated carbocycles. The van der Waals surface area contributed by atoms with Crippen molar-refractivity contribution in [3.63, 3.8) is 0 Å². The average Bonchev–Trinajstić information content (AvgIpc) is 2.63. The van der Waals surface area contributed by atoms with E-state index in [0.29, 0.717) is 6.42 Å². The van der Waals surface area contributed by atoms with E-state index in [9.17, 15) is 13.2 Å². The second-order valence-corrected chi connectivity index (χ2v) is 5.07. The summed E-state index contributed by atoms with van der Waals surface area (Å²) in [6.45, 7) is 0.926. The minimum absolute atomic E-state index is 0.0573. The monoisotopic (exact) mass is 267 g/mol. The van der Waals surface area contributed by atoms with Crippen LogP contribution in [0.4, 0.5) is 13.2 Å². The van der Waals surface area contributed by atoms with Crippen molar-refractivity contribution in [1.82, 2.24) is 5.32 Å². The zero-order valence-corrected chi connectivity index (χ0v) is 10.6. The third-order valence-corrected chi connectivity index (χ3v) is 3.38. The van der Waals surface area contributed by atoms with Gasteiger partial charge in [-0.1, -0.05) is 0 Å². The first-order valence-electron chi connectivity index (χ1n) is 5.30. The summed E-state index contributed by atoms with van der Waals surface area (Å²) >= 11 is 1.64. The SMILES string of the molecule is CNC(CCOCC(F)(F)F)c1ccc(C)s1. The topological polar surface area (TPSA) is 21.3 Å². The molecule has 1 heterocycles. The summed E-state index contributed by atoms with van der Waals surface area (Å²) in [6.07, 6.45) is -3.71. The fourth-order valence-corrected chi connectivity index (χ4v) is 2.48. The minimum Gasteiger partial charge on any atom is -0.372 e. The zero-order chi connectivity index (χ0) is 12.9. The van der Waals surface area contributed by atoms with E-state index in [1.807, 2.05) is 19.1 Å². The molecule has 1 N–H and O–H groups in total. The van der Waals surface area contributed by atoms with Gasteiger partial charge in [0.2, 0.25) is 0 Å². The first-order chi connectivity index (χ1) is 7.92. The Morgan fingerprint density at radius 1 is 1.41 bits per heavy atom. The van der Waals surface area contributed by atoms with Gasteiger partial charge >= 0.3 is 6.18 Å².